The molecule has 184 valence electrons. The van der Waals surface area contributed by atoms with Crippen LogP contribution in [0.4, 0.5) is 11.8 Å². The average Bonchev–Trinajstić information content (AvgIpc) is 3.50. The molecule has 0 saturated carbocycles. The van der Waals surface area contributed by atoms with E-state index in [1.807, 2.05) is 29.8 Å². The molecule has 0 atom stereocenters. The van der Waals surface area contributed by atoms with Crippen molar-refractivity contribution >= 4 is 56.7 Å². The van der Waals surface area contributed by atoms with Crippen LogP contribution in [0.15, 0.2) is 67.4 Å². The van der Waals surface area contributed by atoms with E-state index >= 15 is 0 Å². The van der Waals surface area contributed by atoms with Crippen LogP contribution in [0.3, 0.4) is 0 Å². The average molecular weight is 513 g/mol. The van der Waals surface area contributed by atoms with Crippen LogP contribution in [0.1, 0.15) is 16.1 Å². The Morgan fingerprint density at radius 1 is 1.08 bits per heavy atom. The molecule has 0 unspecified atom stereocenters. The van der Waals surface area contributed by atoms with Gasteiger partial charge in [-0.25, -0.2) is 24.9 Å². The first-order chi connectivity index (χ1) is 17.9. The molecule has 0 bridgehead atoms. The van der Waals surface area contributed by atoms with E-state index in [9.17, 15) is 4.79 Å². The van der Waals surface area contributed by atoms with Gasteiger partial charge in [-0.3, -0.25) is 14.5 Å². The van der Waals surface area contributed by atoms with Gasteiger partial charge >= 0.3 is 0 Å². The van der Waals surface area contributed by atoms with E-state index < -0.39 is 0 Å². The lowest BCUT2D eigenvalue weighted by Crippen LogP contribution is -2.44. The zero-order valence-electron chi connectivity index (χ0n) is 19.9. The number of benzene rings is 1. The van der Waals surface area contributed by atoms with Gasteiger partial charge in [0.05, 0.1) is 39.9 Å². The first-order valence-corrected chi connectivity index (χ1v) is 11.7. The highest BCUT2D eigenvalue weighted by atomic mass is 35.5. The maximum Gasteiger partial charge on any atom is 0.272 e. The summed E-state index contributed by atoms with van der Waals surface area (Å²) in [6.07, 6.45) is 8.53. The maximum atomic E-state index is 14.0. The van der Waals surface area contributed by atoms with Crippen molar-refractivity contribution in [2.75, 3.05) is 17.8 Å². The lowest BCUT2D eigenvalue weighted by Gasteiger charge is -2.31. The van der Waals surface area contributed by atoms with Crippen molar-refractivity contribution in [3.63, 3.8) is 0 Å². The number of carbonyl (C=O) groups excluding carboxylic acids is 1. The van der Waals surface area contributed by atoms with Crippen molar-refractivity contribution in [3.8, 4) is 0 Å². The standard InChI is InChI=1S/C25H21ClN10O/c1-33-22-18-10-15(4-6-20(18)32-23(27)19(22)11-30-33)24(37)36(34(2)25-28-8-3-9-29-25)14-17-13-35-12-16(26)5-7-21(35)31-17/h3-13H,14H2,1-2H3,(H2,27,32). The SMILES string of the molecule is CN(c1ncccn1)N(Cc1cn2cc(Cl)ccc2n1)C(=O)c1ccc2nc(N)c3cnn(C)c3c2c1. The number of amides is 1. The van der Waals surface area contributed by atoms with E-state index in [1.54, 1.807) is 70.8 Å². The fraction of sp³-hybridized carbons (Fsp3) is 0.120. The number of hydrogen-bond acceptors (Lipinski definition) is 8. The predicted molar refractivity (Wildman–Crippen MR) is 141 cm³/mol. The van der Waals surface area contributed by atoms with Gasteiger partial charge in [-0.05, 0) is 36.4 Å². The summed E-state index contributed by atoms with van der Waals surface area (Å²) < 4.78 is 3.55. The fourth-order valence-corrected chi connectivity index (χ4v) is 4.54. The van der Waals surface area contributed by atoms with Gasteiger partial charge in [-0.1, -0.05) is 11.6 Å². The number of hydrazine groups is 1. The monoisotopic (exact) mass is 512 g/mol. The van der Waals surface area contributed by atoms with Crippen LogP contribution >= 0.6 is 11.6 Å². The van der Waals surface area contributed by atoms with Crippen molar-refractivity contribution in [3.05, 3.63) is 83.7 Å². The van der Waals surface area contributed by atoms with Crippen LogP contribution in [0.5, 0.6) is 0 Å². The number of imidazole rings is 1. The lowest BCUT2D eigenvalue weighted by molar-refractivity contribution is 0.0727. The van der Waals surface area contributed by atoms with Gasteiger partial charge in [0.15, 0.2) is 0 Å². The van der Waals surface area contributed by atoms with Gasteiger partial charge in [0.2, 0.25) is 5.95 Å². The Morgan fingerprint density at radius 2 is 1.89 bits per heavy atom. The normalized spacial score (nSPS) is 11.4. The molecular weight excluding hydrogens is 492 g/mol. The molecule has 37 heavy (non-hydrogen) atoms. The summed E-state index contributed by atoms with van der Waals surface area (Å²) >= 11 is 6.14. The zero-order chi connectivity index (χ0) is 25.7. The Kier molecular flexibility index (Phi) is 5.34. The topological polar surface area (TPSA) is 123 Å². The first-order valence-electron chi connectivity index (χ1n) is 11.4. The second kappa shape index (κ2) is 8.71. The molecule has 5 aromatic heterocycles. The number of halogens is 1. The number of nitrogens with zero attached hydrogens (tertiary/aromatic N) is 9. The van der Waals surface area contributed by atoms with E-state index in [0.717, 1.165) is 21.9 Å². The number of carbonyl (C=O) groups is 1. The molecule has 0 fully saturated rings. The maximum absolute atomic E-state index is 14.0. The Hall–Kier alpha value is -4.77. The third-order valence-corrected chi connectivity index (χ3v) is 6.39. The lowest BCUT2D eigenvalue weighted by atomic mass is 10.1. The molecule has 0 saturated heterocycles. The van der Waals surface area contributed by atoms with E-state index in [4.69, 9.17) is 17.3 Å². The van der Waals surface area contributed by atoms with Crippen molar-refractivity contribution in [2.24, 2.45) is 7.05 Å². The third kappa shape index (κ3) is 3.95. The van der Waals surface area contributed by atoms with E-state index in [1.165, 1.54) is 0 Å². The van der Waals surface area contributed by atoms with Crippen molar-refractivity contribution in [2.45, 2.75) is 6.54 Å². The van der Waals surface area contributed by atoms with Crippen LogP contribution in [0, 0.1) is 0 Å². The van der Waals surface area contributed by atoms with Gasteiger partial charge in [0.1, 0.15) is 11.5 Å². The van der Waals surface area contributed by atoms with Crippen LogP contribution in [0.25, 0.3) is 27.5 Å². The molecule has 1 amide bonds. The Morgan fingerprint density at radius 3 is 2.70 bits per heavy atom. The predicted octanol–water partition coefficient (Wildman–Crippen LogP) is 3.49. The molecule has 0 aliphatic heterocycles. The van der Waals surface area contributed by atoms with Gasteiger partial charge in [-0.2, -0.15) is 5.10 Å². The molecule has 0 aliphatic carbocycles. The smallest absolute Gasteiger partial charge is 0.272 e. The van der Waals surface area contributed by atoms with Crippen molar-refractivity contribution in [1.29, 1.82) is 0 Å². The number of pyridine rings is 2. The van der Waals surface area contributed by atoms with Gasteiger partial charge < -0.3 is 10.1 Å². The summed E-state index contributed by atoms with van der Waals surface area (Å²) in [5, 5.41) is 9.58. The molecular formula is C25H21ClN10O. The largest absolute Gasteiger partial charge is 0.383 e. The summed E-state index contributed by atoms with van der Waals surface area (Å²) in [4.78, 5) is 31.8. The van der Waals surface area contributed by atoms with Gasteiger partial charge in [-0.15, -0.1) is 0 Å². The van der Waals surface area contributed by atoms with Crippen molar-refractivity contribution < 1.29 is 4.79 Å². The summed E-state index contributed by atoms with van der Waals surface area (Å²) in [6, 6.07) is 10.6. The summed E-state index contributed by atoms with van der Waals surface area (Å²) in [5.74, 6) is 0.496. The molecule has 12 heteroatoms. The minimum Gasteiger partial charge on any atom is -0.383 e. The summed E-state index contributed by atoms with van der Waals surface area (Å²) in [6.45, 7) is 0.173. The molecule has 5 heterocycles. The van der Waals surface area contributed by atoms with E-state index in [0.29, 0.717) is 33.6 Å². The number of rotatable bonds is 5. The number of anilines is 2. The Bertz CT molecular complexity index is 1800. The number of nitrogen functional groups attached to an aromatic ring is 1. The highest BCUT2D eigenvalue weighted by Gasteiger charge is 2.25. The molecule has 1 aromatic carbocycles. The molecule has 0 aliphatic rings. The molecule has 0 radical (unpaired) electrons. The molecule has 6 aromatic rings. The molecule has 0 spiro atoms. The van der Waals surface area contributed by atoms with Crippen LogP contribution < -0.4 is 10.7 Å². The van der Waals surface area contributed by atoms with Crippen LogP contribution in [-0.2, 0) is 13.6 Å². The molecule has 6 rings (SSSR count). The second-order valence-electron chi connectivity index (χ2n) is 8.54. The highest BCUT2D eigenvalue weighted by Crippen LogP contribution is 2.29. The third-order valence-electron chi connectivity index (χ3n) is 6.17. The first kappa shape index (κ1) is 22.7. The van der Waals surface area contributed by atoms with Crippen LogP contribution in [-0.4, -0.2) is 52.1 Å². The Balaban J connectivity index is 1.44. The van der Waals surface area contributed by atoms with E-state index in [-0.39, 0.29) is 12.5 Å². The zero-order valence-corrected chi connectivity index (χ0v) is 20.7. The second-order valence-corrected chi connectivity index (χ2v) is 8.98. The number of hydrogen-bond donors (Lipinski definition) is 1. The van der Waals surface area contributed by atoms with Gasteiger partial charge in [0, 0.05) is 49.8 Å². The number of nitrogens with two attached hydrogens (primary N) is 1. The summed E-state index contributed by atoms with van der Waals surface area (Å²) in [7, 11) is 3.57. The minimum atomic E-state index is -0.265. The minimum absolute atomic E-state index is 0.173. The number of aromatic nitrogens is 7. The number of aryl methyl sites for hydroxylation is 1. The highest BCUT2D eigenvalue weighted by molar-refractivity contribution is 6.30. The van der Waals surface area contributed by atoms with E-state index in [2.05, 4.69) is 25.0 Å². The quantitative estimate of drug-likeness (QED) is 0.348. The van der Waals surface area contributed by atoms with Crippen LogP contribution in [0.2, 0.25) is 5.02 Å². The Labute approximate surface area is 215 Å². The molecule has 2 N–H and O–H groups in total. The summed E-state index contributed by atoms with van der Waals surface area (Å²) in [5.41, 5.74) is 9.46. The van der Waals surface area contributed by atoms with Crippen molar-refractivity contribution in [1.82, 2.24) is 39.1 Å². The van der Waals surface area contributed by atoms with Gasteiger partial charge in [0.25, 0.3) is 5.91 Å². The number of fused-ring (bicyclic) bond motifs is 4. The molecule has 11 nitrogen and oxygen atoms in total. The fourth-order valence-electron chi connectivity index (χ4n) is 4.37.